The number of nitrogens with one attached hydrogen (secondary N) is 1. The fourth-order valence-electron chi connectivity index (χ4n) is 2.31. The molecule has 0 saturated carbocycles. The van der Waals surface area contributed by atoms with E-state index in [9.17, 15) is 4.79 Å². The number of anilines is 1. The molecule has 1 aliphatic rings. The predicted octanol–water partition coefficient (Wildman–Crippen LogP) is 1.04. The van der Waals surface area contributed by atoms with E-state index in [1.165, 1.54) is 0 Å². The third-order valence-corrected chi connectivity index (χ3v) is 3.49. The smallest absolute Gasteiger partial charge is 0.317 e. The maximum absolute atomic E-state index is 11.9. The number of nitrogens with zero attached hydrogens (tertiary/aromatic N) is 3. The number of hydrogen-bond acceptors (Lipinski definition) is 4. The molecule has 0 bridgehead atoms. The Hall–Kier alpha value is -2.26. The Morgan fingerprint density at radius 1 is 1.38 bits per heavy atom. The molecule has 1 aromatic carbocycles. The monoisotopic (exact) mass is 288 g/mol. The minimum atomic E-state index is -0.0440. The van der Waals surface area contributed by atoms with Crippen LogP contribution < -0.4 is 10.2 Å². The van der Waals surface area contributed by atoms with Crippen LogP contribution in [0.5, 0.6) is 0 Å². The minimum Gasteiger partial charge on any atom is -0.383 e. The number of carbonyl (C=O) groups excluding carboxylic acids is 1. The van der Waals surface area contributed by atoms with Crippen LogP contribution in [0.3, 0.4) is 0 Å². The van der Waals surface area contributed by atoms with Gasteiger partial charge < -0.3 is 19.9 Å². The molecule has 0 spiro atoms. The van der Waals surface area contributed by atoms with Crippen molar-refractivity contribution in [3.8, 4) is 6.07 Å². The third-order valence-electron chi connectivity index (χ3n) is 3.49. The first-order valence-corrected chi connectivity index (χ1v) is 7.01. The number of amides is 2. The van der Waals surface area contributed by atoms with Crippen molar-refractivity contribution in [2.24, 2.45) is 0 Å². The molecule has 2 rings (SSSR count). The van der Waals surface area contributed by atoms with Gasteiger partial charge >= 0.3 is 6.03 Å². The summed E-state index contributed by atoms with van der Waals surface area (Å²) in [7, 11) is 1.61. The number of ether oxygens (including phenoxy) is 1. The molecule has 1 saturated heterocycles. The summed E-state index contributed by atoms with van der Waals surface area (Å²) < 4.78 is 4.91. The van der Waals surface area contributed by atoms with Gasteiger partial charge in [-0.3, -0.25) is 0 Å². The van der Waals surface area contributed by atoms with E-state index in [0.29, 0.717) is 31.8 Å². The topological polar surface area (TPSA) is 68.6 Å². The number of piperazine rings is 1. The number of rotatable bonds is 4. The van der Waals surface area contributed by atoms with Gasteiger partial charge in [-0.2, -0.15) is 5.26 Å². The van der Waals surface area contributed by atoms with Gasteiger partial charge in [-0.05, 0) is 18.2 Å². The second-order valence-corrected chi connectivity index (χ2v) is 4.86. The lowest BCUT2D eigenvalue weighted by molar-refractivity contribution is 0.177. The lowest BCUT2D eigenvalue weighted by atomic mass is 10.2. The molecule has 6 heteroatoms. The Kier molecular flexibility index (Phi) is 5.41. The highest BCUT2D eigenvalue weighted by Gasteiger charge is 2.20. The molecule has 1 N–H and O–H groups in total. The Morgan fingerprint density at radius 2 is 2.14 bits per heavy atom. The minimum absolute atomic E-state index is 0.0440. The van der Waals surface area contributed by atoms with Crippen LogP contribution >= 0.6 is 0 Å². The quantitative estimate of drug-likeness (QED) is 0.840. The number of urea groups is 1. The molecule has 6 nitrogen and oxygen atoms in total. The third kappa shape index (κ3) is 4.10. The summed E-state index contributed by atoms with van der Waals surface area (Å²) >= 11 is 0. The fraction of sp³-hybridized carbons (Fsp3) is 0.467. The summed E-state index contributed by atoms with van der Waals surface area (Å²) in [6, 6.07) is 9.66. The Morgan fingerprint density at radius 3 is 2.81 bits per heavy atom. The summed E-state index contributed by atoms with van der Waals surface area (Å²) in [5.74, 6) is 0. The van der Waals surface area contributed by atoms with E-state index in [1.807, 2.05) is 18.2 Å². The molecular weight excluding hydrogens is 268 g/mol. The van der Waals surface area contributed by atoms with E-state index in [4.69, 9.17) is 10.00 Å². The van der Waals surface area contributed by atoms with Crippen LogP contribution in [0.4, 0.5) is 10.5 Å². The van der Waals surface area contributed by atoms with Gasteiger partial charge in [0.25, 0.3) is 0 Å². The van der Waals surface area contributed by atoms with Crippen molar-refractivity contribution in [1.82, 2.24) is 10.2 Å². The Labute approximate surface area is 124 Å². The predicted molar refractivity (Wildman–Crippen MR) is 80.2 cm³/mol. The van der Waals surface area contributed by atoms with Gasteiger partial charge in [-0.1, -0.05) is 6.07 Å². The van der Waals surface area contributed by atoms with Crippen molar-refractivity contribution < 1.29 is 9.53 Å². The van der Waals surface area contributed by atoms with Gasteiger partial charge in [-0.25, -0.2) is 4.79 Å². The van der Waals surface area contributed by atoms with E-state index < -0.39 is 0 Å². The van der Waals surface area contributed by atoms with Crippen LogP contribution in [0.2, 0.25) is 0 Å². The molecule has 0 unspecified atom stereocenters. The average molecular weight is 288 g/mol. The van der Waals surface area contributed by atoms with E-state index in [-0.39, 0.29) is 6.03 Å². The first-order valence-electron chi connectivity index (χ1n) is 7.01. The largest absolute Gasteiger partial charge is 0.383 e. The normalized spacial score (nSPS) is 14.7. The lowest BCUT2D eigenvalue weighted by Crippen LogP contribution is -2.52. The summed E-state index contributed by atoms with van der Waals surface area (Å²) in [6.07, 6.45) is 0. The van der Waals surface area contributed by atoms with Gasteiger partial charge in [0.1, 0.15) is 0 Å². The van der Waals surface area contributed by atoms with Gasteiger partial charge in [0.05, 0.1) is 18.2 Å². The zero-order chi connectivity index (χ0) is 15.1. The van der Waals surface area contributed by atoms with Crippen LogP contribution in [-0.2, 0) is 4.74 Å². The van der Waals surface area contributed by atoms with Crippen molar-refractivity contribution >= 4 is 11.7 Å². The highest BCUT2D eigenvalue weighted by molar-refractivity contribution is 5.74. The van der Waals surface area contributed by atoms with E-state index in [2.05, 4.69) is 16.3 Å². The molecule has 0 aliphatic carbocycles. The zero-order valence-corrected chi connectivity index (χ0v) is 12.2. The average Bonchev–Trinajstić information content (AvgIpc) is 2.55. The molecule has 1 heterocycles. The number of hydrogen-bond donors (Lipinski definition) is 1. The van der Waals surface area contributed by atoms with Gasteiger partial charge in [-0.15, -0.1) is 0 Å². The van der Waals surface area contributed by atoms with Crippen LogP contribution in [0.1, 0.15) is 5.56 Å². The highest BCUT2D eigenvalue weighted by Crippen LogP contribution is 2.17. The second kappa shape index (κ2) is 7.50. The first-order chi connectivity index (χ1) is 10.2. The van der Waals surface area contributed by atoms with Crippen molar-refractivity contribution in [1.29, 1.82) is 5.26 Å². The van der Waals surface area contributed by atoms with Crippen LogP contribution in [0.15, 0.2) is 24.3 Å². The van der Waals surface area contributed by atoms with Crippen molar-refractivity contribution in [2.75, 3.05) is 51.3 Å². The second-order valence-electron chi connectivity index (χ2n) is 4.86. The Bertz CT molecular complexity index is 519. The van der Waals surface area contributed by atoms with Gasteiger partial charge in [0.15, 0.2) is 0 Å². The van der Waals surface area contributed by atoms with E-state index in [0.717, 1.165) is 18.8 Å². The molecule has 1 fully saturated rings. The standard InChI is InChI=1S/C15H20N4O2/c1-21-10-5-17-15(20)19-8-6-18(7-9-19)14-4-2-3-13(11-14)12-16/h2-4,11H,5-10H2,1H3,(H,17,20). The fourth-order valence-corrected chi connectivity index (χ4v) is 2.31. The summed E-state index contributed by atoms with van der Waals surface area (Å²) in [4.78, 5) is 15.9. The molecular formula is C15H20N4O2. The molecule has 0 aromatic heterocycles. The molecule has 1 aromatic rings. The molecule has 2 amide bonds. The number of methoxy groups -OCH3 is 1. The Balaban J connectivity index is 1.85. The summed E-state index contributed by atoms with van der Waals surface area (Å²) in [5.41, 5.74) is 1.70. The van der Waals surface area contributed by atoms with E-state index >= 15 is 0 Å². The van der Waals surface area contributed by atoms with Crippen molar-refractivity contribution in [3.63, 3.8) is 0 Å². The maximum Gasteiger partial charge on any atom is 0.317 e. The molecule has 0 radical (unpaired) electrons. The SMILES string of the molecule is COCCNC(=O)N1CCN(c2cccc(C#N)c2)CC1. The number of nitriles is 1. The summed E-state index contributed by atoms with van der Waals surface area (Å²) in [5, 5.41) is 11.8. The molecule has 112 valence electrons. The molecule has 1 aliphatic heterocycles. The van der Waals surface area contributed by atoms with Crippen LogP contribution in [0, 0.1) is 11.3 Å². The van der Waals surface area contributed by atoms with Gasteiger partial charge in [0.2, 0.25) is 0 Å². The van der Waals surface area contributed by atoms with Crippen LogP contribution in [-0.4, -0.2) is 57.4 Å². The van der Waals surface area contributed by atoms with E-state index in [1.54, 1.807) is 18.1 Å². The lowest BCUT2D eigenvalue weighted by Gasteiger charge is -2.36. The van der Waals surface area contributed by atoms with Gasteiger partial charge in [0, 0.05) is 45.5 Å². The van der Waals surface area contributed by atoms with Crippen molar-refractivity contribution in [3.05, 3.63) is 29.8 Å². The van der Waals surface area contributed by atoms with Crippen LogP contribution in [0.25, 0.3) is 0 Å². The zero-order valence-electron chi connectivity index (χ0n) is 12.2. The number of carbonyl (C=O) groups is 1. The number of benzene rings is 1. The summed E-state index contributed by atoms with van der Waals surface area (Å²) in [6.45, 7) is 3.94. The first kappa shape index (κ1) is 15.1. The van der Waals surface area contributed by atoms with Crippen molar-refractivity contribution in [2.45, 2.75) is 0 Å². The maximum atomic E-state index is 11.9. The highest BCUT2D eigenvalue weighted by atomic mass is 16.5. The molecule has 0 atom stereocenters. The molecule has 21 heavy (non-hydrogen) atoms.